The molecule has 1 unspecified atom stereocenters. The second kappa shape index (κ2) is 3.94. The molecule has 0 saturated heterocycles. The molecule has 1 atom stereocenters. The van der Waals surface area contributed by atoms with Crippen LogP contribution in [0.5, 0.6) is 0 Å². The van der Waals surface area contributed by atoms with Gasteiger partial charge in [0.25, 0.3) is 0 Å². The zero-order valence-electron chi connectivity index (χ0n) is 8.05. The van der Waals surface area contributed by atoms with Crippen molar-refractivity contribution in [1.82, 2.24) is 9.55 Å². The summed E-state index contributed by atoms with van der Waals surface area (Å²) in [5, 5.41) is 3.10. The van der Waals surface area contributed by atoms with Crippen molar-refractivity contribution in [2.75, 3.05) is 0 Å². The predicted octanol–water partition coefficient (Wildman–Crippen LogP) is 2.01. The third-order valence-electron chi connectivity index (χ3n) is 2.12. The topological polar surface area (TPSA) is 43.8 Å². The van der Waals surface area contributed by atoms with E-state index in [4.69, 9.17) is 5.73 Å². The van der Waals surface area contributed by atoms with E-state index >= 15 is 0 Å². The highest BCUT2D eigenvalue weighted by Crippen LogP contribution is 2.14. The lowest BCUT2D eigenvalue weighted by Crippen LogP contribution is -2.12. The molecule has 4 heteroatoms. The summed E-state index contributed by atoms with van der Waals surface area (Å²) in [7, 11) is 0. The number of hydrogen-bond donors (Lipinski definition) is 1. The highest BCUT2D eigenvalue weighted by atomic mass is 32.1. The maximum absolute atomic E-state index is 5.85. The fourth-order valence-corrected chi connectivity index (χ4v) is 2.08. The molecule has 0 aliphatic rings. The van der Waals surface area contributed by atoms with E-state index in [0.717, 1.165) is 17.2 Å². The third kappa shape index (κ3) is 1.86. The van der Waals surface area contributed by atoms with Crippen LogP contribution < -0.4 is 5.73 Å². The van der Waals surface area contributed by atoms with E-state index in [0.29, 0.717) is 0 Å². The van der Waals surface area contributed by atoms with Gasteiger partial charge in [0.2, 0.25) is 0 Å². The monoisotopic (exact) mass is 207 g/mol. The largest absolute Gasteiger partial charge is 0.343 e. The summed E-state index contributed by atoms with van der Waals surface area (Å²) < 4.78 is 2.14. The van der Waals surface area contributed by atoms with Crippen LogP contribution >= 0.6 is 11.3 Å². The molecule has 2 N–H and O–H groups in total. The highest BCUT2D eigenvalue weighted by Gasteiger charge is 2.06. The Morgan fingerprint density at radius 1 is 1.64 bits per heavy atom. The summed E-state index contributed by atoms with van der Waals surface area (Å²) in [6.07, 6.45) is 3.87. The van der Waals surface area contributed by atoms with Gasteiger partial charge in [0.05, 0.1) is 6.54 Å². The minimum absolute atomic E-state index is 0.0740. The van der Waals surface area contributed by atoms with E-state index in [1.165, 1.54) is 0 Å². The molecule has 0 aromatic carbocycles. The molecule has 0 bridgehead atoms. The quantitative estimate of drug-likeness (QED) is 0.836. The van der Waals surface area contributed by atoms with Gasteiger partial charge in [-0.15, -0.1) is 11.3 Å². The summed E-state index contributed by atoms with van der Waals surface area (Å²) in [5.41, 5.74) is 7.00. The fourth-order valence-electron chi connectivity index (χ4n) is 1.46. The van der Waals surface area contributed by atoms with Gasteiger partial charge in [-0.2, -0.15) is 0 Å². The van der Waals surface area contributed by atoms with Gasteiger partial charge >= 0.3 is 0 Å². The SMILES string of the molecule is CC(N)c1cccn1Cc1nccs1. The molecule has 14 heavy (non-hydrogen) atoms. The molecule has 0 spiro atoms. The van der Waals surface area contributed by atoms with E-state index in [1.54, 1.807) is 11.3 Å². The van der Waals surface area contributed by atoms with Crippen molar-refractivity contribution in [2.24, 2.45) is 5.73 Å². The molecule has 74 valence electrons. The van der Waals surface area contributed by atoms with Crippen molar-refractivity contribution < 1.29 is 0 Å². The smallest absolute Gasteiger partial charge is 0.112 e. The average molecular weight is 207 g/mol. The minimum atomic E-state index is 0.0740. The van der Waals surface area contributed by atoms with Crippen molar-refractivity contribution in [2.45, 2.75) is 19.5 Å². The van der Waals surface area contributed by atoms with E-state index in [9.17, 15) is 0 Å². The van der Waals surface area contributed by atoms with E-state index < -0.39 is 0 Å². The number of thiazole rings is 1. The third-order valence-corrected chi connectivity index (χ3v) is 2.88. The maximum Gasteiger partial charge on any atom is 0.112 e. The summed E-state index contributed by atoms with van der Waals surface area (Å²) in [6.45, 7) is 2.81. The molecule has 2 aromatic rings. The normalized spacial score (nSPS) is 13.0. The van der Waals surface area contributed by atoms with Crippen molar-refractivity contribution in [1.29, 1.82) is 0 Å². The van der Waals surface area contributed by atoms with Crippen molar-refractivity contribution >= 4 is 11.3 Å². The van der Waals surface area contributed by atoms with Gasteiger partial charge in [0.1, 0.15) is 5.01 Å². The predicted molar refractivity (Wildman–Crippen MR) is 58.3 cm³/mol. The molecule has 2 aromatic heterocycles. The van der Waals surface area contributed by atoms with Gasteiger partial charge in [-0.3, -0.25) is 0 Å². The maximum atomic E-state index is 5.85. The lowest BCUT2D eigenvalue weighted by Gasteiger charge is -2.09. The molecular weight excluding hydrogens is 194 g/mol. The Morgan fingerprint density at radius 2 is 2.50 bits per heavy atom. The molecule has 2 heterocycles. The van der Waals surface area contributed by atoms with Gasteiger partial charge in [0, 0.05) is 29.5 Å². The standard InChI is InChI=1S/C10H13N3S/c1-8(11)9-3-2-5-13(9)7-10-12-4-6-14-10/h2-6,8H,7,11H2,1H3. The van der Waals surface area contributed by atoms with E-state index in [1.807, 2.05) is 30.8 Å². The first kappa shape index (κ1) is 9.43. The number of rotatable bonds is 3. The summed E-state index contributed by atoms with van der Waals surface area (Å²) in [5.74, 6) is 0. The van der Waals surface area contributed by atoms with Crippen LogP contribution in [0.2, 0.25) is 0 Å². The molecular formula is C10H13N3S. The van der Waals surface area contributed by atoms with Crippen LogP contribution in [0.25, 0.3) is 0 Å². The van der Waals surface area contributed by atoms with Gasteiger partial charge in [0.15, 0.2) is 0 Å². The van der Waals surface area contributed by atoms with Gasteiger partial charge in [-0.25, -0.2) is 4.98 Å². The Morgan fingerprint density at radius 3 is 3.14 bits per heavy atom. The zero-order chi connectivity index (χ0) is 9.97. The average Bonchev–Trinajstić information content (AvgIpc) is 2.75. The Labute approximate surface area is 87.2 Å². The second-order valence-electron chi connectivity index (χ2n) is 3.28. The first-order valence-electron chi connectivity index (χ1n) is 4.56. The summed E-state index contributed by atoms with van der Waals surface area (Å²) >= 11 is 1.67. The van der Waals surface area contributed by atoms with Crippen LogP contribution in [0.3, 0.4) is 0 Å². The first-order valence-corrected chi connectivity index (χ1v) is 5.44. The lowest BCUT2D eigenvalue weighted by molar-refractivity contribution is 0.673. The van der Waals surface area contributed by atoms with Crippen LogP contribution in [0, 0.1) is 0 Å². The molecule has 3 nitrogen and oxygen atoms in total. The molecule has 0 aliphatic carbocycles. The Kier molecular flexibility index (Phi) is 2.65. The van der Waals surface area contributed by atoms with E-state index in [2.05, 4.69) is 15.6 Å². The fraction of sp³-hybridized carbons (Fsp3) is 0.300. The number of aromatic nitrogens is 2. The number of nitrogens with zero attached hydrogens (tertiary/aromatic N) is 2. The molecule has 2 rings (SSSR count). The minimum Gasteiger partial charge on any atom is -0.343 e. The molecule has 0 radical (unpaired) electrons. The van der Waals surface area contributed by atoms with Gasteiger partial charge in [-0.05, 0) is 19.1 Å². The Hall–Kier alpha value is -1.13. The zero-order valence-corrected chi connectivity index (χ0v) is 8.87. The summed E-state index contributed by atoms with van der Waals surface area (Å²) in [4.78, 5) is 4.25. The van der Waals surface area contributed by atoms with Crippen molar-refractivity contribution in [3.8, 4) is 0 Å². The Balaban J connectivity index is 2.21. The molecule has 0 amide bonds. The van der Waals surface area contributed by atoms with Crippen LogP contribution in [0.1, 0.15) is 23.7 Å². The van der Waals surface area contributed by atoms with Crippen LogP contribution in [-0.4, -0.2) is 9.55 Å². The van der Waals surface area contributed by atoms with E-state index in [-0.39, 0.29) is 6.04 Å². The number of hydrogen-bond acceptors (Lipinski definition) is 3. The molecule has 0 fully saturated rings. The Bertz CT molecular complexity index is 389. The molecule has 0 aliphatic heterocycles. The van der Waals surface area contributed by atoms with Gasteiger partial charge < -0.3 is 10.3 Å². The van der Waals surface area contributed by atoms with Crippen LogP contribution in [-0.2, 0) is 6.54 Å². The summed E-state index contributed by atoms with van der Waals surface area (Å²) in [6, 6.07) is 4.15. The molecule has 0 saturated carbocycles. The lowest BCUT2D eigenvalue weighted by atomic mass is 10.2. The highest BCUT2D eigenvalue weighted by molar-refractivity contribution is 7.09. The number of nitrogens with two attached hydrogens (primary N) is 1. The van der Waals surface area contributed by atoms with Crippen molar-refractivity contribution in [3.63, 3.8) is 0 Å². The van der Waals surface area contributed by atoms with Gasteiger partial charge in [-0.1, -0.05) is 0 Å². The van der Waals surface area contributed by atoms with Crippen LogP contribution in [0.4, 0.5) is 0 Å². The first-order chi connectivity index (χ1) is 6.77. The van der Waals surface area contributed by atoms with Crippen molar-refractivity contribution in [3.05, 3.63) is 40.6 Å². The van der Waals surface area contributed by atoms with Crippen LogP contribution in [0.15, 0.2) is 29.9 Å². The second-order valence-corrected chi connectivity index (χ2v) is 4.25.